The predicted molar refractivity (Wildman–Crippen MR) is 110 cm³/mol. The number of nitrogens with zero attached hydrogens (tertiary/aromatic N) is 3. The van der Waals surface area contributed by atoms with E-state index >= 15 is 0 Å². The van der Waals surface area contributed by atoms with E-state index in [1.165, 1.54) is 4.90 Å². The zero-order valence-electron chi connectivity index (χ0n) is 15.7. The van der Waals surface area contributed by atoms with Gasteiger partial charge in [0.2, 0.25) is 0 Å². The molecule has 2 aromatic rings. The van der Waals surface area contributed by atoms with Crippen molar-refractivity contribution in [1.82, 2.24) is 20.0 Å². The Hall–Kier alpha value is -2.38. The van der Waals surface area contributed by atoms with Crippen LogP contribution in [0.2, 0.25) is 5.02 Å². The normalized spacial score (nSPS) is 15.6. The molecular weight excluding hydrogens is 384 g/mol. The van der Waals surface area contributed by atoms with Gasteiger partial charge in [-0.3, -0.25) is 14.4 Å². The minimum absolute atomic E-state index is 0.120. The van der Waals surface area contributed by atoms with Crippen molar-refractivity contribution >= 4 is 40.9 Å². The summed E-state index contributed by atoms with van der Waals surface area (Å²) < 4.78 is 7.33. The van der Waals surface area contributed by atoms with Crippen LogP contribution in [0.3, 0.4) is 0 Å². The van der Waals surface area contributed by atoms with Crippen LogP contribution in [0.25, 0.3) is 6.08 Å². The van der Waals surface area contributed by atoms with Gasteiger partial charge in [-0.25, -0.2) is 0 Å². The summed E-state index contributed by atoms with van der Waals surface area (Å²) in [6.45, 7) is 6.75. The van der Waals surface area contributed by atoms with Gasteiger partial charge in [0.05, 0.1) is 30.1 Å². The molecule has 8 heteroatoms. The van der Waals surface area contributed by atoms with Crippen LogP contribution in [0.15, 0.2) is 23.9 Å². The first kappa shape index (κ1) is 19.4. The van der Waals surface area contributed by atoms with Gasteiger partial charge in [-0.1, -0.05) is 17.7 Å². The van der Waals surface area contributed by atoms with Crippen molar-refractivity contribution in [2.75, 3.05) is 13.7 Å². The van der Waals surface area contributed by atoms with E-state index in [1.807, 2.05) is 43.7 Å². The largest absolute Gasteiger partial charge is 0.496 e. The smallest absolute Gasteiger partial charge is 0.276 e. The van der Waals surface area contributed by atoms with Crippen molar-refractivity contribution in [3.05, 3.63) is 51.4 Å². The van der Waals surface area contributed by atoms with Crippen LogP contribution >= 0.6 is 23.8 Å². The summed E-state index contributed by atoms with van der Waals surface area (Å²) in [5.74, 6) is 0.627. The third-order valence-electron chi connectivity index (χ3n) is 4.51. The molecule has 142 valence electrons. The zero-order chi connectivity index (χ0) is 19.7. The van der Waals surface area contributed by atoms with Crippen molar-refractivity contribution in [3.8, 4) is 5.75 Å². The number of amides is 1. The van der Waals surface area contributed by atoms with Crippen molar-refractivity contribution in [3.63, 3.8) is 0 Å². The first-order chi connectivity index (χ1) is 12.8. The maximum atomic E-state index is 12.4. The van der Waals surface area contributed by atoms with Gasteiger partial charge in [0.1, 0.15) is 11.4 Å². The molecule has 1 aliphatic heterocycles. The summed E-state index contributed by atoms with van der Waals surface area (Å²) in [5.41, 5.74) is 3.97. The quantitative estimate of drug-likeness (QED) is 0.612. The second-order valence-electron chi connectivity index (χ2n) is 6.25. The van der Waals surface area contributed by atoms with E-state index in [1.54, 1.807) is 13.2 Å². The fourth-order valence-corrected chi connectivity index (χ4v) is 3.49. The molecule has 0 spiro atoms. The highest BCUT2D eigenvalue weighted by molar-refractivity contribution is 7.80. The molecule has 1 N–H and O–H groups in total. The van der Waals surface area contributed by atoms with Crippen LogP contribution in [-0.4, -0.2) is 39.4 Å². The summed E-state index contributed by atoms with van der Waals surface area (Å²) in [7, 11) is 1.63. The second kappa shape index (κ2) is 7.70. The first-order valence-electron chi connectivity index (χ1n) is 8.56. The fraction of sp³-hybridized carbons (Fsp3) is 0.316. The lowest BCUT2D eigenvalue weighted by atomic mass is 10.1. The van der Waals surface area contributed by atoms with Gasteiger partial charge in [-0.15, -0.1) is 0 Å². The molecule has 1 fully saturated rings. The Bertz CT molecular complexity index is 951. The Kier molecular flexibility index (Phi) is 5.53. The topological polar surface area (TPSA) is 59.4 Å². The minimum atomic E-state index is -0.120. The van der Waals surface area contributed by atoms with E-state index in [-0.39, 0.29) is 5.91 Å². The molecule has 0 saturated carbocycles. The number of rotatable bonds is 5. The Labute approximate surface area is 168 Å². The van der Waals surface area contributed by atoms with Crippen LogP contribution in [-0.2, 0) is 11.3 Å². The molecule has 1 aromatic carbocycles. The highest BCUT2D eigenvalue weighted by Crippen LogP contribution is 2.26. The van der Waals surface area contributed by atoms with E-state index in [0.29, 0.717) is 28.9 Å². The van der Waals surface area contributed by atoms with E-state index in [0.717, 1.165) is 28.3 Å². The number of carbonyl (C=O) groups is 1. The highest BCUT2D eigenvalue weighted by Gasteiger charge is 2.29. The third-order valence-corrected chi connectivity index (χ3v) is 5.38. The lowest BCUT2D eigenvalue weighted by Gasteiger charge is -2.11. The molecule has 27 heavy (non-hydrogen) atoms. The van der Waals surface area contributed by atoms with Crippen LogP contribution < -0.4 is 10.1 Å². The van der Waals surface area contributed by atoms with Crippen LogP contribution in [0, 0.1) is 13.8 Å². The molecule has 3 rings (SSSR count). The zero-order valence-corrected chi connectivity index (χ0v) is 17.2. The average Bonchev–Trinajstić information content (AvgIpc) is 3.05. The summed E-state index contributed by atoms with van der Waals surface area (Å²) in [6, 6.07) is 5.75. The Morgan fingerprint density at radius 3 is 2.67 bits per heavy atom. The molecule has 2 heterocycles. The van der Waals surface area contributed by atoms with E-state index in [9.17, 15) is 4.79 Å². The van der Waals surface area contributed by atoms with Gasteiger partial charge in [-0.2, -0.15) is 5.10 Å². The number of benzene rings is 1. The Morgan fingerprint density at radius 1 is 1.37 bits per heavy atom. The standard InChI is InChI=1S/C19H21ClN4O2S/c1-5-23-18(25)15(21-19(23)27)9-13-6-7-16(26-4)14(8-13)10-24-12(3)17(20)11(2)22-24/h6-9H,5,10H2,1-4H3,(H,21,27)/b15-9+. The number of aromatic nitrogens is 2. The summed E-state index contributed by atoms with van der Waals surface area (Å²) in [6.07, 6.45) is 1.79. The minimum Gasteiger partial charge on any atom is -0.496 e. The SMILES string of the molecule is CCN1C(=O)/C(=C\c2ccc(OC)c(Cn3nc(C)c(Cl)c3C)c2)NC1=S. The van der Waals surface area contributed by atoms with Crippen molar-refractivity contribution in [2.45, 2.75) is 27.3 Å². The molecule has 6 nitrogen and oxygen atoms in total. The number of aryl methyl sites for hydroxylation is 1. The maximum Gasteiger partial charge on any atom is 0.276 e. The third kappa shape index (κ3) is 3.70. The number of hydrogen-bond acceptors (Lipinski definition) is 4. The lowest BCUT2D eigenvalue weighted by Crippen LogP contribution is -2.30. The summed E-state index contributed by atoms with van der Waals surface area (Å²) in [5, 5.41) is 8.55. The van der Waals surface area contributed by atoms with E-state index < -0.39 is 0 Å². The molecule has 1 aliphatic rings. The van der Waals surface area contributed by atoms with Gasteiger partial charge < -0.3 is 10.1 Å². The average molecular weight is 405 g/mol. The van der Waals surface area contributed by atoms with Gasteiger partial charge in [0.15, 0.2) is 5.11 Å². The summed E-state index contributed by atoms with van der Waals surface area (Å²) >= 11 is 11.5. The van der Waals surface area contributed by atoms with Gasteiger partial charge in [0.25, 0.3) is 5.91 Å². The van der Waals surface area contributed by atoms with Crippen molar-refractivity contribution < 1.29 is 9.53 Å². The number of methoxy groups -OCH3 is 1. The second-order valence-corrected chi connectivity index (χ2v) is 7.02. The van der Waals surface area contributed by atoms with Gasteiger partial charge in [0, 0.05) is 12.1 Å². The molecular formula is C19H21ClN4O2S. The number of likely N-dealkylation sites (N-methyl/N-ethyl adjacent to an activating group) is 1. The first-order valence-corrected chi connectivity index (χ1v) is 9.35. The number of thiocarbonyl (C=S) groups is 1. The monoisotopic (exact) mass is 404 g/mol. The number of hydrogen-bond donors (Lipinski definition) is 1. The van der Waals surface area contributed by atoms with Crippen molar-refractivity contribution in [1.29, 1.82) is 0 Å². The van der Waals surface area contributed by atoms with E-state index in [4.69, 9.17) is 28.6 Å². The maximum absolute atomic E-state index is 12.4. The Morgan fingerprint density at radius 2 is 2.11 bits per heavy atom. The molecule has 0 unspecified atom stereocenters. The molecule has 1 saturated heterocycles. The van der Waals surface area contributed by atoms with Crippen LogP contribution in [0.5, 0.6) is 5.75 Å². The molecule has 0 atom stereocenters. The fourth-order valence-electron chi connectivity index (χ4n) is 3.03. The highest BCUT2D eigenvalue weighted by atomic mass is 35.5. The van der Waals surface area contributed by atoms with Crippen molar-refractivity contribution in [2.24, 2.45) is 0 Å². The molecule has 1 aromatic heterocycles. The number of nitrogens with one attached hydrogen (secondary N) is 1. The van der Waals surface area contributed by atoms with Gasteiger partial charge >= 0.3 is 0 Å². The number of halogens is 1. The molecule has 0 bridgehead atoms. The lowest BCUT2D eigenvalue weighted by molar-refractivity contribution is -0.122. The number of ether oxygens (including phenoxy) is 1. The Balaban J connectivity index is 1.94. The van der Waals surface area contributed by atoms with Gasteiger partial charge in [-0.05, 0) is 56.8 Å². The predicted octanol–water partition coefficient (Wildman–Crippen LogP) is 3.29. The number of carbonyl (C=O) groups excluding carboxylic acids is 1. The van der Waals surface area contributed by atoms with Crippen LogP contribution in [0.1, 0.15) is 29.4 Å². The van der Waals surface area contributed by atoms with E-state index in [2.05, 4.69) is 10.4 Å². The summed E-state index contributed by atoms with van der Waals surface area (Å²) in [4.78, 5) is 13.9. The van der Waals surface area contributed by atoms with Crippen LogP contribution in [0.4, 0.5) is 0 Å². The molecule has 1 amide bonds. The molecule has 0 aliphatic carbocycles. The molecule has 0 radical (unpaired) electrons.